The zero-order valence-corrected chi connectivity index (χ0v) is 10.7. The second-order valence-corrected chi connectivity index (χ2v) is 4.80. The monoisotopic (exact) mass is 243 g/mol. The van der Waals surface area contributed by atoms with E-state index in [9.17, 15) is 0 Å². The molecule has 1 aliphatic carbocycles. The SMILES string of the molecule is CCn1cc(-c2nc(C3CC3)nc(N)c2C)cn1. The molecule has 1 aliphatic rings. The lowest BCUT2D eigenvalue weighted by atomic mass is 10.1. The van der Waals surface area contributed by atoms with Crippen molar-refractivity contribution >= 4 is 5.82 Å². The normalized spacial score (nSPS) is 15.0. The molecule has 5 nitrogen and oxygen atoms in total. The maximum Gasteiger partial charge on any atom is 0.134 e. The molecular weight excluding hydrogens is 226 g/mol. The van der Waals surface area contributed by atoms with Crippen molar-refractivity contribution in [3.05, 3.63) is 23.8 Å². The van der Waals surface area contributed by atoms with Crippen molar-refractivity contribution < 1.29 is 0 Å². The van der Waals surface area contributed by atoms with Crippen LogP contribution >= 0.6 is 0 Å². The van der Waals surface area contributed by atoms with Gasteiger partial charge in [-0.1, -0.05) is 0 Å². The van der Waals surface area contributed by atoms with E-state index >= 15 is 0 Å². The Morgan fingerprint density at radius 2 is 2.17 bits per heavy atom. The summed E-state index contributed by atoms with van der Waals surface area (Å²) in [6, 6.07) is 0. The quantitative estimate of drug-likeness (QED) is 0.896. The van der Waals surface area contributed by atoms with Gasteiger partial charge < -0.3 is 5.73 Å². The lowest BCUT2D eigenvalue weighted by Gasteiger charge is -2.08. The van der Waals surface area contributed by atoms with E-state index in [0.29, 0.717) is 11.7 Å². The number of aromatic nitrogens is 4. The lowest BCUT2D eigenvalue weighted by Crippen LogP contribution is -2.03. The summed E-state index contributed by atoms with van der Waals surface area (Å²) >= 11 is 0. The molecular formula is C13H17N5. The van der Waals surface area contributed by atoms with Gasteiger partial charge in [0, 0.05) is 29.8 Å². The standard InChI is InChI=1S/C13H17N5/c1-3-18-7-10(6-15-18)11-8(2)12(14)17-13(16-11)9-4-5-9/h6-7,9H,3-5H2,1-2H3,(H2,14,16,17). The molecule has 1 fully saturated rings. The highest BCUT2D eigenvalue weighted by Crippen LogP contribution is 2.39. The van der Waals surface area contributed by atoms with Crippen LogP contribution in [0.5, 0.6) is 0 Å². The van der Waals surface area contributed by atoms with E-state index in [0.717, 1.165) is 29.2 Å². The molecule has 0 atom stereocenters. The summed E-state index contributed by atoms with van der Waals surface area (Å²) in [7, 11) is 0. The van der Waals surface area contributed by atoms with Crippen molar-refractivity contribution in [3.63, 3.8) is 0 Å². The van der Waals surface area contributed by atoms with Gasteiger partial charge in [0.25, 0.3) is 0 Å². The Labute approximate surface area is 106 Å². The molecule has 2 aromatic rings. The van der Waals surface area contributed by atoms with Gasteiger partial charge in [-0.25, -0.2) is 9.97 Å². The number of aryl methyl sites for hydroxylation is 1. The van der Waals surface area contributed by atoms with Gasteiger partial charge in [-0.2, -0.15) is 5.10 Å². The summed E-state index contributed by atoms with van der Waals surface area (Å²) in [6.07, 6.45) is 6.20. The molecule has 0 aliphatic heterocycles. The van der Waals surface area contributed by atoms with E-state index < -0.39 is 0 Å². The Balaban J connectivity index is 2.08. The highest BCUT2D eigenvalue weighted by molar-refractivity contribution is 5.66. The summed E-state index contributed by atoms with van der Waals surface area (Å²) in [5.74, 6) is 1.98. The maximum atomic E-state index is 5.99. The Morgan fingerprint density at radius 3 is 2.78 bits per heavy atom. The average Bonchev–Trinajstić information content (AvgIpc) is 3.11. The highest BCUT2D eigenvalue weighted by Gasteiger charge is 2.28. The van der Waals surface area contributed by atoms with E-state index in [1.54, 1.807) is 0 Å². The minimum absolute atomic E-state index is 0.507. The maximum absolute atomic E-state index is 5.99. The van der Waals surface area contributed by atoms with Crippen LogP contribution in [0.15, 0.2) is 12.4 Å². The summed E-state index contributed by atoms with van der Waals surface area (Å²) < 4.78 is 1.89. The van der Waals surface area contributed by atoms with E-state index in [1.807, 2.05) is 24.0 Å². The second-order valence-electron chi connectivity index (χ2n) is 4.80. The van der Waals surface area contributed by atoms with Crippen LogP contribution < -0.4 is 5.73 Å². The fourth-order valence-electron chi connectivity index (χ4n) is 2.02. The minimum Gasteiger partial charge on any atom is -0.383 e. The molecule has 1 saturated carbocycles. The number of nitrogens with zero attached hydrogens (tertiary/aromatic N) is 4. The molecule has 0 saturated heterocycles. The topological polar surface area (TPSA) is 69.6 Å². The Hall–Kier alpha value is -1.91. The summed E-state index contributed by atoms with van der Waals surface area (Å²) in [4.78, 5) is 9.06. The van der Waals surface area contributed by atoms with E-state index in [2.05, 4.69) is 22.0 Å². The predicted octanol–water partition coefficient (Wildman–Crippen LogP) is 2.13. The van der Waals surface area contributed by atoms with Crippen molar-refractivity contribution in [2.45, 2.75) is 39.2 Å². The van der Waals surface area contributed by atoms with Crippen molar-refractivity contribution in [2.24, 2.45) is 0 Å². The fourth-order valence-corrected chi connectivity index (χ4v) is 2.02. The van der Waals surface area contributed by atoms with Crippen molar-refractivity contribution in [1.29, 1.82) is 0 Å². The van der Waals surface area contributed by atoms with Crippen LogP contribution in [0.3, 0.4) is 0 Å². The molecule has 5 heteroatoms. The first-order chi connectivity index (χ1) is 8.69. The second kappa shape index (κ2) is 4.08. The summed E-state index contributed by atoms with van der Waals surface area (Å²) in [5, 5.41) is 4.29. The first-order valence-corrected chi connectivity index (χ1v) is 6.36. The van der Waals surface area contributed by atoms with Crippen LogP contribution in [0.25, 0.3) is 11.3 Å². The number of hydrogen-bond donors (Lipinski definition) is 1. The number of rotatable bonds is 3. The Bertz CT molecular complexity index is 583. The molecule has 2 aromatic heterocycles. The number of nitrogen functional groups attached to an aromatic ring is 1. The Kier molecular flexibility index (Phi) is 2.54. The van der Waals surface area contributed by atoms with Crippen LogP contribution in [-0.2, 0) is 6.54 Å². The van der Waals surface area contributed by atoms with Crippen molar-refractivity contribution in [2.75, 3.05) is 5.73 Å². The number of anilines is 1. The molecule has 94 valence electrons. The van der Waals surface area contributed by atoms with Crippen LogP contribution in [0.4, 0.5) is 5.82 Å². The predicted molar refractivity (Wildman–Crippen MR) is 70.1 cm³/mol. The molecule has 0 radical (unpaired) electrons. The first-order valence-electron chi connectivity index (χ1n) is 6.36. The van der Waals surface area contributed by atoms with Gasteiger partial charge in [0.2, 0.25) is 0 Å². The molecule has 18 heavy (non-hydrogen) atoms. The lowest BCUT2D eigenvalue weighted by molar-refractivity contribution is 0.660. The summed E-state index contributed by atoms with van der Waals surface area (Å²) in [5.41, 5.74) is 8.86. The molecule has 2 heterocycles. The highest BCUT2D eigenvalue weighted by atomic mass is 15.3. The molecule has 0 amide bonds. The van der Waals surface area contributed by atoms with Crippen LogP contribution in [-0.4, -0.2) is 19.7 Å². The van der Waals surface area contributed by atoms with Gasteiger partial charge >= 0.3 is 0 Å². The zero-order valence-electron chi connectivity index (χ0n) is 10.7. The van der Waals surface area contributed by atoms with Crippen LogP contribution in [0.2, 0.25) is 0 Å². The zero-order chi connectivity index (χ0) is 12.7. The largest absolute Gasteiger partial charge is 0.383 e. The van der Waals surface area contributed by atoms with Gasteiger partial charge in [-0.15, -0.1) is 0 Å². The van der Waals surface area contributed by atoms with E-state index in [1.165, 1.54) is 12.8 Å². The third-order valence-corrected chi connectivity index (χ3v) is 3.37. The number of hydrogen-bond acceptors (Lipinski definition) is 4. The van der Waals surface area contributed by atoms with Gasteiger partial charge in [0.1, 0.15) is 11.6 Å². The molecule has 2 N–H and O–H groups in total. The van der Waals surface area contributed by atoms with Crippen molar-refractivity contribution in [3.8, 4) is 11.3 Å². The molecule has 0 unspecified atom stereocenters. The van der Waals surface area contributed by atoms with Gasteiger partial charge in [0.05, 0.1) is 11.9 Å². The molecule has 3 rings (SSSR count). The average molecular weight is 243 g/mol. The van der Waals surface area contributed by atoms with Gasteiger partial charge in [-0.05, 0) is 26.7 Å². The minimum atomic E-state index is 0.507. The number of nitrogens with two attached hydrogens (primary N) is 1. The molecule has 0 bridgehead atoms. The van der Waals surface area contributed by atoms with Gasteiger partial charge in [-0.3, -0.25) is 4.68 Å². The van der Waals surface area contributed by atoms with Gasteiger partial charge in [0.15, 0.2) is 0 Å². The van der Waals surface area contributed by atoms with Crippen molar-refractivity contribution in [1.82, 2.24) is 19.7 Å². The smallest absolute Gasteiger partial charge is 0.134 e. The van der Waals surface area contributed by atoms with Crippen LogP contribution in [0, 0.1) is 6.92 Å². The third kappa shape index (κ3) is 1.85. The van der Waals surface area contributed by atoms with E-state index in [-0.39, 0.29) is 0 Å². The van der Waals surface area contributed by atoms with E-state index in [4.69, 9.17) is 5.73 Å². The molecule has 0 aromatic carbocycles. The third-order valence-electron chi connectivity index (χ3n) is 3.37. The molecule has 0 spiro atoms. The Morgan fingerprint density at radius 1 is 1.39 bits per heavy atom. The summed E-state index contributed by atoms with van der Waals surface area (Å²) in [6.45, 7) is 4.88. The van der Waals surface area contributed by atoms with Crippen LogP contribution in [0.1, 0.15) is 37.1 Å². The fraction of sp³-hybridized carbons (Fsp3) is 0.462. The first kappa shape index (κ1) is 11.2.